The molecule has 4 rings (SSSR count). The van der Waals surface area contributed by atoms with Crippen molar-refractivity contribution in [3.8, 4) is 0 Å². The number of benzene rings is 1. The first-order valence-electron chi connectivity index (χ1n) is 9.97. The molecule has 0 saturated carbocycles. The van der Waals surface area contributed by atoms with E-state index in [1.165, 1.54) is 5.56 Å². The molecule has 6 nitrogen and oxygen atoms in total. The summed E-state index contributed by atoms with van der Waals surface area (Å²) in [6, 6.07) is 10.7. The highest BCUT2D eigenvalue weighted by Gasteiger charge is 2.35. The van der Waals surface area contributed by atoms with Crippen LogP contribution in [-0.4, -0.2) is 71.0 Å². The van der Waals surface area contributed by atoms with Gasteiger partial charge in [0, 0.05) is 49.1 Å². The summed E-state index contributed by atoms with van der Waals surface area (Å²) < 4.78 is 5.90. The Morgan fingerprint density at radius 3 is 2.50 bits per heavy atom. The van der Waals surface area contributed by atoms with Gasteiger partial charge in [0.1, 0.15) is 0 Å². The number of ether oxygens (including phenoxy) is 1. The highest BCUT2D eigenvalue weighted by molar-refractivity contribution is 6.30. The van der Waals surface area contributed by atoms with Crippen molar-refractivity contribution in [2.75, 3.05) is 37.7 Å². The Morgan fingerprint density at radius 1 is 1.11 bits per heavy atom. The van der Waals surface area contributed by atoms with Crippen molar-refractivity contribution >= 4 is 17.5 Å². The van der Waals surface area contributed by atoms with Crippen LogP contribution in [0.5, 0.6) is 0 Å². The van der Waals surface area contributed by atoms with E-state index in [2.05, 4.69) is 31.9 Å². The normalized spacial score (nSPS) is 24.4. The molecular weight excluding hydrogens is 376 g/mol. The first-order valence-corrected chi connectivity index (χ1v) is 10.4. The highest BCUT2D eigenvalue weighted by Crippen LogP contribution is 2.26. The number of hydrogen-bond donors (Lipinski definition) is 1. The van der Waals surface area contributed by atoms with Gasteiger partial charge in [0.05, 0.1) is 19.3 Å². The number of morpholine rings is 1. The lowest BCUT2D eigenvalue weighted by Crippen LogP contribution is -2.57. The van der Waals surface area contributed by atoms with Gasteiger partial charge in [-0.1, -0.05) is 23.7 Å². The van der Waals surface area contributed by atoms with Crippen molar-refractivity contribution in [2.45, 2.75) is 37.5 Å². The minimum Gasteiger partial charge on any atom is -0.394 e. The number of aromatic nitrogens is 2. The van der Waals surface area contributed by atoms with Gasteiger partial charge in [-0.15, -0.1) is 0 Å². The maximum Gasteiger partial charge on any atom is 0.225 e. The SMILES string of the molecule is OC[C@H]1CN(C2CCN(c3ncccn3)CC2)[C@@H](Cc2ccc(Cl)cc2)CO1. The molecule has 3 heterocycles. The lowest BCUT2D eigenvalue weighted by Gasteiger charge is -2.46. The van der Waals surface area contributed by atoms with Crippen molar-refractivity contribution in [2.24, 2.45) is 0 Å². The van der Waals surface area contributed by atoms with Crippen LogP contribution in [0.1, 0.15) is 18.4 Å². The fraction of sp³-hybridized carbons (Fsp3) is 0.524. The number of hydrogen-bond acceptors (Lipinski definition) is 6. The quantitative estimate of drug-likeness (QED) is 0.828. The number of halogens is 1. The Labute approximate surface area is 171 Å². The van der Waals surface area contributed by atoms with Gasteiger partial charge in [-0.05, 0) is 43.0 Å². The molecule has 7 heteroatoms. The minimum atomic E-state index is -0.100. The Hall–Kier alpha value is -1.73. The standard InChI is InChI=1S/C21H27ClN4O2/c22-17-4-2-16(3-5-17)12-19-15-28-20(14-27)13-26(19)18-6-10-25(11-7-18)21-23-8-1-9-24-21/h1-5,8-9,18-20,27H,6-7,10-15H2/t19-,20+/m0/s1. The third-order valence-corrected chi connectivity index (χ3v) is 6.02. The number of aliphatic hydroxyl groups excluding tert-OH is 1. The van der Waals surface area contributed by atoms with E-state index in [1.807, 2.05) is 18.2 Å². The Morgan fingerprint density at radius 2 is 1.82 bits per heavy atom. The van der Waals surface area contributed by atoms with E-state index >= 15 is 0 Å². The van der Waals surface area contributed by atoms with E-state index in [-0.39, 0.29) is 12.7 Å². The monoisotopic (exact) mass is 402 g/mol. The second-order valence-electron chi connectivity index (χ2n) is 7.59. The molecule has 2 fully saturated rings. The largest absolute Gasteiger partial charge is 0.394 e. The zero-order chi connectivity index (χ0) is 19.3. The summed E-state index contributed by atoms with van der Waals surface area (Å²) in [6.07, 6.45) is 6.55. The summed E-state index contributed by atoms with van der Waals surface area (Å²) in [5.41, 5.74) is 1.26. The van der Waals surface area contributed by atoms with Crippen LogP contribution in [0.25, 0.3) is 0 Å². The molecule has 1 aromatic carbocycles. The molecule has 2 atom stereocenters. The molecule has 0 amide bonds. The molecule has 0 unspecified atom stereocenters. The molecule has 2 aliphatic rings. The zero-order valence-corrected chi connectivity index (χ0v) is 16.7. The second-order valence-corrected chi connectivity index (χ2v) is 8.02. The second kappa shape index (κ2) is 9.18. The summed E-state index contributed by atoms with van der Waals surface area (Å²) in [5, 5.41) is 10.4. The highest BCUT2D eigenvalue weighted by atomic mass is 35.5. The van der Waals surface area contributed by atoms with Crippen molar-refractivity contribution in [1.29, 1.82) is 0 Å². The van der Waals surface area contributed by atoms with Gasteiger partial charge in [-0.3, -0.25) is 4.90 Å². The van der Waals surface area contributed by atoms with Gasteiger partial charge < -0.3 is 14.7 Å². The molecular formula is C21H27ClN4O2. The van der Waals surface area contributed by atoms with Crippen LogP contribution >= 0.6 is 11.6 Å². The van der Waals surface area contributed by atoms with E-state index in [4.69, 9.17) is 16.3 Å². The summed E-state index contributed by atoms with van der Waals surface area (Å²) in [5.74, 6) is 0.814. The maximum atomic E-state index is 9.61. The summed E-state index contributed by atoms with van der Waals surface area (Å²) in [4.78, 5) is 13.6. The Bertz CT molecular complexity index is 738. The zero-order valence-electron chi connectivity index (χ0n) is 16.0. The molecule has 150 valence electrons. The van der Waals surface area contributed by atoms with Crippen molar-refractivity contribution in [3.63, 3.8) is 0 Å². The van der Waals surface area contributed by atoms with Gasteiger partial charge in [-0.25, -0.2) is 9.97 Å². The van der Waals surface area contributed by atoms with E-state index < -0.39 is 0 Å². The number of anilines is 1. The van der Waals surface area contributed by atoms with E-state index in [0.717, 1.165) is 49.9 Å². The van der Waals surface area contributed by atoms with E-state index in [0.29, 0.717) is 18.7 Å². The fourth-order valence-electron chi connectivity index (χ4n) is 4.26. The lowest BCUT2D eigenvalue weighted by molar-refractivity contribution is -0.0979. The fourth-order valence-corrected chi connectivity index (χ4v) is 4.38. The molecule has 0 aliphatic carbocycles. The van der Waals surface area contributed by atoms with Crippen LogP contribution in [-0.2, 0) is 11.2 Å². The van der Waals surface area contributed by atoms with Crippen LogP contribution in [0.15, 0.2) is 42.7 Å². The molecule has 28 heavy (non-hydrogen) atoms. The lowest BCUT2D eigenvalue weighted by atomic mass is 9.96. The number of nitrogens with zero attached hydrogens (tertiary/aromatic N) is 4. The average molecular weight is 403 g/mol. The Kier molecular flexibility index (Phi) is 6.42. The van der Waals surface area contributed by atoms with E-state index in [9.17, 15) is 5.11 Å². The molecule has 0 spiro atoms. The smallest absolute Gasteiger partial charge is 0.225 e. The number of aliphatic hydroxyl groups is 1. The molecule has 1 N–H and O–H groups in total. The molecule has 0 radical (unpaired) electrons. The third kappa shape index (κ3) is 4.63. The van der Waals surface area contributed by atoms with Gasteiger partial charge in [0.25, 0.3) is 0 Å². The predicted octanol–water partition coefficient (Wildman–Crippen LogP) is 2.40. The van der Waals surface area contributed by atoms with Crippen molar-refractivity contribution < 1.29 is 9.84 Å². The average Bonchev–Trinajstić information content (AvgIpc) is 2.76. The van der Waals surface area contributed by atoms with Gasteiger partial charge in [0.15, 0.2) is 0 Å². The van der Waals surface area contributed by atoms with Crippen LogP contribution in [0.3, 0.4) is 0 Å². The van der Waals surface area contributed by atoms with Crippen molar-refractivity contribution in [1.82, 2.24) is 14.9 Å². The summed E-state index contributed by atoms with van der Waals surface area (Å²) in [7, 11) is 0. The van der Waals surface area contributed by atoms with Crippen LogP contribution in [0, 0.1) is 0 Å². The van der Waals surface area contributed by atoms with Crippen LogP contribution in [0.4, 0.5) is 5.95 Å². The molecule has 2 saturated heterocycles. The van der Waals surface area contributed by atoms with Gasteiger partial charge >= 0.3 is 0 Å². The first kappa shape index (κ1) is 19.6. The maximum absolute atomic E-state index is 9.61. The van der Waals surface area contributed by atoms with Crippen LogP contribution < -0.4 is 4.90 Å². The number of rotatable bonds is 5. The Balaban J connectivity index is 1.42. The van der Waals surface area contributed by atoms with Gasteiger partial charge in [-0.2, -0.15) is 0 Å². The summed E-state index contributed by atoms with van der Waals surface area (Å²) in [6.45, 7) is 3.39. The first-order chi connectivity index (χ1) is 13.7. The molecule has 2 aromatic rings. The molecule has 0 bridgehead atoms. The third-order valence-electron chi connectivity index (χ3n) is 5.76. The summed E-state index contributed by atoms with van der Waals surface area (Å²) >= 11 is 6.03. The number of piperidine rings is 1. The minimum absolute atomic E-state index is 0.0703. The van der Waals surface area contributed by atoms with Crippen LogP contribution in [0.2, 0.25) is 5.02 Å². The molecule has 2 aliphatic heterocycles. The van der Waals surface area contributed by atoms with Crippen molar-refractivity contribution in [3.05, 3.63) is 53.3 Å². The molecule has 1 aromatic heterocycles. The topological polar surface area (TPSA) is 61.7 Å². The predicted molar refractivity (Wildman–Crippen MR) is 110 cm³/mol. The van der Waals surface area contributed by atoms with E-state index in [1.54, 1.807) is 12.4 Å². The van der Waals surface area contributed by atoms with Gasteiger partial charge in [0.2, 0.25) is 5.95 Å².